The number of rotatable bonds is 7. The Kier molecular flexibility index (Phi) is 5.92. The molecule has 0 aliphatic heterocycles. The van der Waals surface area contributed by atoms with E-state index in [-0.39, 0.29) is 12.4 Å². The molecule has 0 saturated carbocycles. The third kappa shape index (κ3) is 6.46. The van der Waals surface area contributed by atoms with Gasteiger partial charge in [-0.3, -0.25) is 9.59 Å². The van der Waals surface area contributed by atoms with Crippen molar-refractivity contribution in [1.29, 1.82) is 0 Å². The standard InChI is InChI=1S/C10H19NO3/c1-4-6-10(2,3)14-9(13)5-7-11-8-12/h8H,4-7H2,1-3H3,(H,11,12). The van der Waals surface area contributed by atoms with Crippen LogP contribution in [0, 0.1) is 0 Å². The predicted octanol–water partition coefficient (Wildman–Crippen LogP) is 1.24. The zero-order valence-electron chi connectivity index (χ0n) is 9.13. The molecule has 0 aliphatic rings. The number of ether oxygens (including phenoxy) is 1. The van der Waals surface area contributed by atoms with E-state index in [0.29, 0.717) is 13.0 Å². The lowest BCUT2D eigenvalue weighted by molar-refractivity contribution is -0.156. The summed E-state index contributed by atoms with van der Waals surface area (Å²) in [4.78, 5) is 21.1. The van der Waals surface area contributed by atoms with Crippen molar-refractivity contribution in [3.05, 3.63) is 0 Å². The molecule has 0 aromatic rings. The Bertz CT molecular complexity index is 190. The molecule has 0 spiro atoms. The van der Waals surface area contributed by atoms with Gasteiger partial charge in [-0.15, -0.1) is 0 Å². The summed E-state index contributed by atoms with van der Waals surface area (Å²) < 4.78 is 5.23. The average molecular weight is 201 g/mol. The van der Waals surface area contributed by atoms with Crippen LogP contribution in [0.15, 0.2) is 0 Å². The van der Waals surface area contributed by atoms with Crippen molar-refractivity contribution in [2.45, 2.75) is 45.6 Å². The van der Waals surface area contributed by atoms with Crippen LogP contribution in [0.2, 0.25) is 0 Å². The van der Waals surface area contributed by atoms with Crippen molar-refractivity contribution >= 4 is 12.4 Å². The van der Waals surface area contributed by atoms with Crippen LogP contribution in [0.3, 0.4) is 0 Å². The molecule has 0 unspecified atom stereocenters. The van der Waals surface area contributed by atoms with E-state index in [1.54, 1.807) is 0 Å². The predicted molar refractivity (Wildman–Crippen MR) is 53.8 cm³/mol. The second-order valence-electron chi connectivity index (χ2n) is 3.81. The van der Waals surface area contributed by atoms with Crippen LogP contribution in [0.4, 0.5) is 0 Å². The van der Waals surface area contributed by atoms with Crippen molar-refractivity contribution in [1.82, 2.24) is 5.32 Å². The van der Waals surface area contributed by atoms with E-state index in [4.69, 9.17) is 4.74 Å². The molecule has 82 valence electrons. The molecule has 0 fully saturated rings. The maximum Gasteiger partial charge on any atom is 0.308 e. The van der Waals surface area contributed by atoms with E-state index in [0.717, 1.165) is 12.8 Å². The van der Waals surface area contributed by atoms with Gasteiger partial charge in [-0.05, 0) is 20.3 Å². The quantitative estimate of drug-likeness (QED) is 0.383. The molecule has 1 N–H and O–H groups in total. The molecular weight excluding hydrogens is 182 g/mol. The van der Waals surface area contributed by atoms with Gasteiger partial charge in [0.2, 0.25) is 6.41 Å². The highest BCUT2D eigenvalue weighted by Gasteiger charge is 2.20. The summed E-state index contributed by atoms with van der Waals surface area (Å²) in [5.41, 5.74) is -0.396. The lowest BCUT2D eigenvalue weighted by Gasteiger charge is -2.24. The Labute approximate surface area is 85.0 Å². The van der Waals surface area contributed by atoms with Crippen LogP contribution in [0.1, 0.15) is 40.0 Å². The number of esters is 1. The second-order valence-corrected chi connectivity index (χ2v) is 3.81. The van der Waals surface area contributed by atoms with Gasteiger partial charge in [-0.1, -0.05) is 13.3 Å². The van der Waals surface area contributed by atoms with E-state index in [9.17, 15) is 9.59 Å². The summed E-state index contributed by atoms with van der Waals surface area (Å²) in [6, 6.07) is 0. The molecule has 0 heterocycles. The average Bonchev–Trinajstić information content (AvgIpc) is 2.03. The normalized spacial score (nSPS) is 10.8. The van der Waals surface area contributed by atoms with Crippen LogP contribution in [-0.2, 0) is 14.3 Å². The number of amides is 1. The van der Waals surface area contributed by atoms with Crippen LogP contribution in [-0.4, -0.2) is 24.5 Å². The number of carbonyl (C=O) groups is 2. The first-order chi connectivity index (χ1) is 6.52. The van der Waals surface area contributed by atoms with Gasteiger partial charge < -0.3 is 10.1 Å². The first-order valence-corrected chi connectivity index (χ1v) is 4.90. The number of hydrogen-bond donors (Lipinski definition) is 1. The van der Waals surface area contributed by atoms with Crippen molar-refractivity contribution < 1.29 is 14.3 Å². The van der Waals surface area contributed by atoms with Gasteiger partial charge in [0.1, 0.15) is 5.60 Å². The Morgan fingerprint density at radius 3 is 2.64 bits per heavy atom. The highest BCUT2D eigenvalue weighted by Crippen LogP contribution is 2.16. The van der Waals surface area contributed by atoms with Crippen LogP contribution >= 0.6 is 0 Å². The van der Waals surface area contributed by atoms with Crippen LogP contribution in [0.25, 0.3) is 0 Å². The molecule has 0 atom stereocenters. The van der Waals surface area contributed by atoms with Crippen molar-refractivity contribution in [3.63, 3.8) is 0 Å². The molecule has 0 aromatic carbocycles. The summed E-state index contributed by atoms with van der Waals surface area (Å²) in [5.74, 6) is -0.266. The van der Waals surface area contributed by atoms with E-state index in [1.807, 2.05) is 20.8 Å². The smallest absolute Gasteiger partial charge is 0.308 e. The number of carbonyl (C=O) groups excluding carboxylic acids is 2. The van der Waals surface area contributed by atoms with Gasteiger partial charge in [-0.25, -0.2) is 0 Å². The highest BCUT2D eigenvalue weighted by atomic mass is 16.6. The Hall–Kier alpha value is -1.06. The molecule has 4 nitrogen and oxygen atoms in total. The third-order valence-corrected chi connectivity index (χ3v) is 1.80. The minimum atomic E-state index is -0.396. The van der Waals surface area contributed by atoms with Gasteiger partial charge in [0.05, 0.1) is 6.42 Å². The van der Waals surface area contributed by atoms with Crippen LogP contribution in [0.5, 0.6) is 0 Å². The van der Waals surface area contributed by atoms with Gasteiger partial charge in [-0.2, -0.15) is 0 Å². The second kappa shape index (κ2) is 6.40. The molecule has 0 aromatic heterocycles. The minimum Gasteiger partial charge on any atom is -0.460 e. The maximum absolute atomic E-state index is 11.2. The SMILES string of the molecule is CCCC(C)(C)OC(=O)CCNC=O. The molecule has 0 radical (unpaired) electrons. The zero-order valence-corrected chi connectivity index (χ0v) is 9.13. The zero-order chi connectivity index (χ0) is 11.0. The molecular formula is C10H19NO3. The van der Waals surface area contributed by atoms with Gasteiger partial charge in [0.25, 0.3) is 0 Å². The van der Waals surface area contributed by atoms with Crippen molar-refractivity contribution in [2.24, 2.45) is 0 Å². The third-order valence-electron chi connectivity index (χ3n) is 1.80. The molecule has 0 bridgehead atoms. The molecule has 0 rings (SSSR count). The van der Waals surface area contributed by atoms with Crippen molar-refractivity contribution in [3.8, 4) is 0 Å². The van der Waals surface area contributed by atoms with E-state index >= 15 is 0 Å². The minimum absolute atomic E-state index is 0.228. The summed E-state index contributed by atoms with van der Waals surface area (Å²) in [6.45, 7) is 6.16. The summed E-state index contributed by atoms with van der Waals surface area (Å²) in [7, 11) is 0. The van der Waals surface area contributed by atoms with Gasteiger partial charge in [0, 0.05) is 6.54 Å². The topological polar surface area (TPSA) is 55.4 Å². The largest absolute Gasteiger partial charge is 0.460 e. The fraction of sp³-hybridized carbons (Fsp3) is 0.800. The summed E-state index contributed by atoms with van der Waals surface area (Å²) in [5, 5.41) is 2.42. The number of nitrogens with one attached hydrogen (secondary N) is 1. The first kappa shape index (κ1) is 12.9. The van der Waals surface area contributed by atoms with Gasteiger partial charge >= 0.3 is 5.97 Å². The van der Waals surface area contributed by atoms with Crippen molar-refractivity contribution in [2.75, 3.05) is 6.54 Å². The van der Waals surface area contributed by atoms with Crippen LogP contribution < -0.4 is 5.32 Å². The Morgan fingerprint density at radius 2 is 2.14 bits per heavy atom. The molecule has 0 saturated heterocycles. The maximum atomic E-state index is 11.2. The Balaban J connectivity index is 3.74. The fourth-order valence-corrected chi connectivity index (χ4v) is 1.25. The number of hydrogen-bond acceptors (Lipinski definition) is 3. The van der Waals surface area contributed by atoms with E-state index in [1.165, 1.54) is 0 Å². The molecule has 0 aliphatic carbocycles. The lowest BCUT2D eigenvalue weighted by Crippen LogP contribution is -2.29. The highest BCUT2D eigenvalue weighted by molar-refractivity contribution is 5.70. The summed E-state index contributed by atoms with van der Waals surface area (Å²) in [6.07, 6.45) is 2.63. The summed E-state index contributed by atoms with van der Waals surface area (Å²) >= 11 is 0. The molecule has 4 heteroatoms. The fourth-order valence-electron chi connectivity index (χ4n) is 1.25. The molecule has 1 amide bonds. The van der Waals surface area contributed by atoms with Gasteiger partial charge in [0.15, 0.2) is 0 Å². The Morgan fingerprint density at radius 1 is 1.50 bits per heavy atom. The van der Waals surface area contributed by atoms with E-state index < -0.39 is 5.60 Å². The van der Waals surface area contributed by atoms with E-state index in [2.05, 4.69) is 5.32 Å². The lowest BCUT2D eigenvalue weighted by atomic mass is 10.0. The molecule has 14 heavy (non-hydrogen) atoms. The first-order valence-electron chi connectivity index (χ1n) is 4.90. The monoisotopic (exact) mass is 201 g/mol.